The number of allylic oxidation sites excluding steroid dienone is 1. The Morgan fingerprint density at radius 2 is 2.09 bits per heavy atom. The second-order valence-corrected chi connectivity index (χ2v) is 9.11. The molecule has 32 heavy (non-hydrogen) atoms. The molecule has 2 aliphatic heterocycles. The molecule has 2 N–H and O–H groups in total. The summed E-state index contributed by atoms with van der Waals surface area (Å²) in [7, 11) is 2.19. The normalized spacial score (nSPS) is 28.3. The van der Waals surface area contributed by atoms with Crippen LogP contribution in [0.5, 0.6) is 5.75 Å². The van der Waals surface area contributed by atoms with Gasteiger partial charge in [0.2, 0.25) is 11.8 Å². The lowest BCUT2D eigenvalue weighted by Gasteiger charge is -2.43. The molecule has 1 aromatic rings. The number of ether oxygens (including phenoxy) is 1. The third kappa shape index (κ3) is 4.27. The van der Waals surface area contributed by atoms with E-state index in [-0.39, 0.29) is 35.5 Å². The molecule has 8 heteroatoms. The van der Waals surface area contributed by atoms with Gasteiger partial charge < -0.3 is 19.5 Å². The van der Waals surface area contributed by atoms with Gasteiger partial charge in [-0.15, -0.1) is 0 Å². The van der Waals surface area contributed by atoms with Gasteiger partial charge in [0.1, 0.15) is 5.75 Å². The Morgan fingerprint density at radius 3 is 2.81 bits per heavy atom. The van der Waals surface area contributed by atoms with Crippen molar-refractivity contribution in [3.05, 3.63) is 46.5 Å². The van der Waals surface area contributed by atoms with Gasteiger partial charge >= 0.3 is 7.12 Å². The molecule has 1 aliphatic carbocycles. The summed E-state index contributed by atoms with van der Waals surface area (Å²) in [6.45, 7) is 2.41. The zero-order chi connectivity index (χ0) is 23.0. The number of hydrogen-bond donors (Lipinski definition) is 2. The van der Waals surface area contributed by atoms with Gasteiger partial charge in [-0.1, -0.05) is 23.8 Å². The summed E-state index contributed by atoms with van der Waals surface area (Å²) in [4.78, 5) is 26.8. The Balaban J connectivity index is 1.59. The van der Waals surface area contributed by atoms with Crippen LogP contribution in [0.15, 0.2) is 41.0 Å². The van der Waals surface area contributed by atoms with Crippen molar-refractivity contribution in [2.24, 2.45) is 17.8 Å². The molecule has 2 amide bonds. The summed E-state index contributed by atoms with van der Waals surface area (Å²) in [6, 6.07) is 7.08. The number of nitrogens with zero attached hydrogens (tertiary/aromatic N) is 1. The molecule has 1 aromatic carbocycles. The van der Waals surface area contributed by atoms with Crippen molar-refractivity contribution < 1.29 is 29.1 Å². The highest BCUT2D eigenvalue weighted by molar-refractivity contribution is 6.43. The van der Waals surface area contributed by atoms with E-state index in [2.05, 4.69) is 0 Å². The highest BCUT2D eigenvalue weighted by Crippen LogP contribution is 2.50. The first-order valence-electron chi connectivity index (χ1n) is 11.1. The van der Waals surface area contributed by atoms with Crippen molar-refractivity contribution in [1.82, 2.24) is 4.90 Å². The van der Waals surface area contributed by atoms with Gasteiger partial charge in [-0.05, 0) is 67.3 Å². The predicted molar refractivity (Wildman–Crippen MR) is 120 cm³/mol. The second-order valence-electron chi connectivity index (χ2n) is 9.11. The average Bonchev–Trinajstić information content (AvgIpc) is 2.96. The van der Waals surface area contributed by atoms with Crippen LogP contribution in [0.25, 0.3) is 6.08 Å². The number of hydrogen-bond acceptors (Lipinski definition) is 6. The zero-order valence-electron chi connectivity index (χ0n) is 18.8. The molecule has 3 aliphatic rings. The molecule has 2 fully saturated rings. The topological polar surface area (TPSA) is 96.3 Å². The molecular formula is C24H30BNO6. The number of benzene rings is 1. The fourth-order valence-electron chi connectivity index (χ4n) is 5.56. The van der Waals surface area contributed by atoms with E-state index in [1.165, 1.54) is 4.90 Å². The van der Waals surface area contributed by atoms with E-state index in [1.54, 1.807) is 32.4 Å². The van der Waals surface area contributed by atoms with Crippen LogP contribution in [0, 0.1) is 17.8 Å². The lowest BCUT2D eigenvalue weighted by atomic mass is 9.58. The Hall–Kier alpha value is -2.42. The number of amides is 2. The zero-order valence-corrected chi connectivity index (χ0v) is 18.8. The molecule has 0 radical (unpaired) electrons. The van der Waals surface area contributed by atoms with Crippen LogP contribution in [0.3, 0.4) is 0 Å². The average molecular weight is 439 g/mol. The van der Waals surface area contributed by atoms with Crippen LogP contribution < -0.4 is 0 Å². The number of fused-ring (bicyclic) bond motifs is 3. The van der Waals surface area contributed by atoms with Gasteiger partial charge in [-0.3, -0.25) is 14.5 Å². The molecule has 4 atom stereocenters. The SMILES string of the molecule is COCC1=C2[C@@H](CC/C(C)=C/c3cccc(O)c3)OB(O)C[C@@H]2[C@@H]2C(=O)N(C)C(=O)[C@@H]2C1. The molecule has 170 valence electrons. The minimum Gasteiger partial charge on any atom is -0.508 e. The maximum atomic E-state index is 12.9. The van der Waals surface area contributed by atoms with Gasteiger partial charge in [-0.2, -0.15) is 0 Å². The van der Waals surface area contributed by atoms with E-state index in [0.717, 1.165) is 28.7 Å². The fraction of sp³-hybridized carbons (Fsp3) is 0.500. The van der Waals surface area contributed by atoms with Crippen molar-refractivity contribution in [1.29, 1.82) is 0 Å². The first kappa shape index (κ1) is 22.8. The van der Waals surface area contributed by atoms with Gasteiger partial charge in [-0.25, -0.2) is 0 Å². The van der Waals surface area contributed by atoms with Gasteiger partial charge in [0.05, 0.1) is 24.5 Å². The van der Waals surface area contributed by atoms with E-state index >= 15 is 0 Å². The van der Waals surface area contributed by atoms with E-state index in [4.69, 9.17) is 9.39 Å². The van der Waals surface area contributed by atoms with Crippen LogP contribution in [-0.2, 0) is 19.0 Å². The van der Waals surface area contributed by atoms with Crippen molar-refractivity contribution >= 4 is 25.0 Å². The predicted octanol–water partition coefficient (Wildman–Crippen LogP) is 2.65. The molecular weight excluding hydrogens is 409 g/mol. The van der Waals surface area contributed by atoms with Crippen molar-refractivity contribution in [3.63, 3.8) is 0 Å². The minimum atomic E-state index is -0.972. The van der Waals surface area contributed by atoms with E-state index in [9.17, 15) is 19.7 Å². The van der Waals surface area contributed by atoms with Gasteiger partial charge in [0.25, 0.3) is 0 Å². The second kappa shape index (κ2) is 9.21. The Morgan fingerprint density at radius 1 is 1.31 bits per heavy atom. The highest BCUT2D eigenvalue weighted by atomic mass is 16.5. The molecule has 0 aromatic heterocycles. The van der Waals surface area contributed by atoms with Crippen molar-refractivity contribution in [2.75, 3.05) is 20.8 Å². The number of carbonyl (C=O) groups is 2. The standard InChI is InChI=1S/C24H30BNO6/c1-14(9-15-5-4-6-17(27)10-15)7-8-20-21-16(13-31-3)11-18-22(19(21)12-25(30)32-20)24(29)26(2)23(18)28/h4-6,9-10,18-20,22,27,30H,7-8,11-13H2,1-3H3/b14-9+/t18-,19+,20-,22-/m1/s1. The lowest BCUT2D eigenvalue weighted by molar-refractivity contribution is -0.138. The number of phenolic OH excluding ortho intramolecular Hbond substituents is 1. The van der Waals surface area contributed by atoms with Crippen LogP contribution >= 0.6 is 0 Å². The molecule has 4 rings (SSSR count). The van der Waals surface area contributed by atoms with Crippen LogP contribution in [0.4, 0.5) is 0 Å². The summed E-state index contributed by atoms with van der Waals surface area (Å²) in [5.41, 5.74) is 4.08. The molecule has 2 saturated heterocycles. The first-order valence-corrected chi connectivity index (χ1v) is 11.1. The number of likely N-dealkylation sites (tertiary alicyclic amines) is 1. The van der Waals surface area contributed by atoms with E-state index < -0.39 is 13.0 Å². The Bertz CT molecular complexity index is 973. The smallest absolute Gasteiger partial charge is 0.455 e. The summed E-state index contributed by atoms with van der Waals surface area (Å²) in [5.74, 6) is -1.12. The number of methoxy groups -OCH3 is 1. The minimum absolute atomic E-state index is 0.143. The maximum Gasteiger partial charge on any atom is 0.455 e. The fourth-order valence-corrected chi connectivity index (χ4v) is 5.56. The molecule has 0 bridgehead atoms. The maximum absolute atomic E-state index is 12.9. The van der Waals surface area contributed by atoms with Crippen molar-refractivity contribution in [3.8, 4) is 5.75 Å². The Labute approximate surface area is 188 Å². The molecule has 0 saturated carbocycles. The number of imide groups is 1. The van der Waals surface area contributed by atoms with Crippen LogP contribution in [0.1, 0.15) is 31.7 Å². The molecule has 7 nitrogen and oxygen atoms in total. The summed E-state index contributed by atoms with van der Waals surface area (Å²) in [6.07, 6.45) is 3.86. The van der Waals surface area contributed by atoms with E-state index in [0.29, 0.717) is 25.8 Å². The summed E-state index contributed by atoms with van der Waals surface area (Å²) in [5, 5.41) is 20.2. The third-order valence-corrected chi connectivity index (χ3v) is 6.93. The molecule has 0 spiro atoms. The largest absolute Gasteiger partial charge is 0.508 e. The van der Waals surface area contributed by atoms with Gasteiger partial charge in [0, 0.05) is 14.2 Å². The molecule has 0 unspecified atom stereocenters. The van der Waals surface area contributed by atoms with Gasteiger partial charge in [0.15, 0.2) is 0 Å². The monoisotopic (exact) mass is 439 g/mol. The van der Waals surface area contributed by atoms with Crippen molar-refractivity contribution in [2.45, 2.75) is 38.6 Å². The summed E-state index contributed by atoms with van der Waals surface area (Å²) < 4.78 is 11.4. The molecule has 2 heterocycles. The number of carbonyl (C=O) groups excluding carboxylic acids is 2. The number of rotatable bonds is 6. The highest BCUT2D eigenvalue weighted by Gasteiger charge is 2.56. The third-order valence-electron chi connectivity index (χ3n) is 6.93. The Kier molecular flexibility index (Phi) is 6.56. The lowest BCUT2D eigenvalue weighted by Crippen LogP contribution is -2.46. The van der Waals surface area contributed by atoms with E-state index in [1.807, 2.05) is 19.1 Å². The number of phenols is 1. The quantitative estimate of drug-likeness (QED) is 0.402. The summed E-state index contributed by atoms with van der Waals surface area (Å²) >= 11 is 0. The number of aromatic hydroxyl groups is 1. The van der Waals surface area contributed by atoms with Crippen LogP contribution in [-0.4, -0.2) is 60.8 Å². The first-order chi connectivity index (χ1) is 15.3. The van der Waals surface area contributed by atoms with Crippen LogP contribution in [0.2, 0.25) is 6.32 Å².